The predicted molar refractivity (Wildman–Crippen MR) is 116 cm³/mol. The number of hydrogen-bond acceptors (Lipinski definition) is 3. The molecule has 2 saturated heterocycles. The highest BCUT2D eigenvalue weighted by molar-refractivity contribution is 6.36. The summed E-state index contributed by atoms with van der Waals surface area (Å²) < 4.78 is 5.53. The first-order valence-corrected chi connectivity index (χ1v) is 10.9. The molecule has 2 aliphatic rings. The molecule has 0 aromatic heterocycles. The normalized spacial score (nSPS) is 20.7. The molecular weight excluding hydrogens is 425 g/mol. The fraction of sp³-hybridized carbons (Fsp3) is 0.391. The minimum absolute atomic E-state index is 0.0557. The maximum absolute atomic E-state index is 12.6. The molecule has 1 amide bonds. The van der Waals surface area contributed by atoms with Crippen LogP contribution >= 0.6 is 23.2 Å². The van der Waals surface area contributed by atoms with E-state index in [1.807, 2.05) is 12.1 Å². The molecule has 5 nitrogen and oxygen atoms in total. The summed E-state index contributed by atoms with van der Waals surface area (Å²) in [6.07, 6.45) is 2.52. The summed E-state index contributed by atoms with van der Waals surface area (Å²) >= 11 is 13.5. The summed E-state index contributed by atoms with van der Waals surface area (Å²) in [5.74, 6) is -0.832. The van der Waals surface area contributed by atoms with Crippen molar-refractivity contribution in [2.24, 2.45) is 11.8 Å². The summed E-state index contributed by atoms with van der Waals surface area (Å²) in [6.45, 7) is 2.03. The van der Waals surface area contributed by atoms with E-state index in [1.165, 1.54) is 0 Å². The van der Waals surface area contributed by atoms with Crippen molar-refractivity contribution in [3.8, 4) is 11.1 Å². The average Bonchev–Trinajstić information content (AvgIpc) is 3.16. The third-order valence-corrected chi connectivity index (χ3v) is 6.80. The van der Waals surface area contributed by atoms with E-state index >= 15 is 0 Å². The molecule has 30 heavy (non-hydrogen) atoms. The van der Waals surface area contributed by atoms with Gasteiger partial charge in [0.15, 0.2) is 0 Å². The van der Waals surface area contributed by atoms with Crippen molar-refractivity contribution in [2.75, 3.05) is 19.8 Å². The number of carbonyl (C=O) groups is 2. The third kappa shape index (κ3) is 4.20. The Balaban J connectivity index is 1.72. The maximum atomic E-state index is 12.6. The molecule has 158 valence electrons. The van der Waals surface area contributed by atoms with Gasteiger partial charge in [-0.25, -0.2) is 4.79 Å². The van der Waals surface area contributed by atoms with Gasteiger partial charge in [0, 0.05) is 41.6 Å². The highest BCUT2D eigenvalue weighted by atomic mass is 35.5. The number of benzene rings is 2. The van der Waals surface area contributed by atoms with E-state index in [2.05, 4.69) is 5.32 Å². The van der Waals surface area contributed by atoms with Crippen LogP contribution in [0.15, 0.2) is 36.4 Å². The largest absolute Gasteiger partial charge is 0.478 e. The van der Waals surface area contributed by atoms with Gasteiger partial charge in [0.05, 0.1) is 5.56 Å². The topological polar surface area (TPSA) is 75.6 Å². The quantitative estimate of drug-likeness (QED) is 0.675. The lowest BCUT2D eigenvalue weighted by atomic mass is 9.72. The molecule has 2 N–H and O–H groups in total. The first-order chi connectivity index (χ1) is 14.5. The van der Waals surface area contributed by atoms with Crippen LogP contribution in [0, 0.1) is 11.8 Å². The zero-order valence-corrected chi connectivity index (χ0v) is 17.9. The fourth-order valence-electron chi connectivity index (χ4n) is 4.67. The third-order valence-electron chi connectivity index (χ3n) is 6.18. The van der Waals surface area contributed by atoms with Crippen molar-refractivity contribution < 1.29 is 19.4 Å². The Morgan fingerprint density at radius 2 is 1.67 bits per heavy atom. The van der Waals surface area contributed by atoms with Gasteiger partial charge in [-0.05, 0) is 66.1 Å². The van der Waals surface area contributed by atoms with Crippen LogP contribution in [0.1, 0.15) is 41.1 Å². The highest BCUT2D eigenvalue weighted by Gasteiger charge is 2.40. The van der Waals surface area contributed by atoms with Gasteiger partial charge < -0.3 is 15.2 Å². The van der Waals surface area contributed by atoms with Crippen LogP contribution < -0.4 is 5.32 Å². The zero-order valence-electron chi connectivity index (χ0n) is 16.4. The number of amides is 1. The molecule has 0 spiro atoms. The molecule has 7 heteroatoms. The number of carboxylic acid groups (broad SMARTS) is 1. The summed E-state index contributed by atoms with van der Waals surface area (Å²) in [6, 6.07) is 10.3. The Morgan fingerprint density at radius 1 is 1.03 bits per heavy atom. The lowest BCUT2D eigenvalue weighted by molar-refractivity contribution is -0.123. The Labute approximate surface area is 185 Å². The lowest BCUT2D eigenvalue weighted by Gasteiger charge is -2.34. The predicted octanol–water partition coefficient (Wildman–Crippen LogP) is 5.00. The van der Waals surface area contributed by atoms with Gasteiger partial charge in [-0.15, -0.1) is 0 Å². The minimum Gasteiger partial charge on any atom is -0.478 e. The van der Waals surface area contributed by atoms with Crippen LogP contribution in [0.4, 0.5) is 0 Å². The smallest absolute Gasteiger partial charge is 0.335 e. The van der Waals surface area contributed by atoms with E-state index in [4.69, 9.17) is 33.0 Å². The molecule has 2 fully saturated rings. The molecule has 0 saturated carbocycles. The van der Waals surface area contributed by atoms with Gasteiger partial charge >= 0.3 is 5.97 Å². The summed E-state index contributed by atoms with van der Waals surface area (Å²) in [5, 5.41) is 13.1. The molecule has 0 bridgehead atoms. The van der Waals surface area contributed by atoms with E-state index in [1.54, 1.807) is 24.3 Å². The fourth-order valence-corrected chi connectivity index (χ4v) is 5.41. The Kier molecular flexibility index (Phi) is 6.32. The van der Waals surface area contributed by atoms with E-state index in [-0.39, 0.29) is 29.2 Å². The van der Waals surface area contributed by atoms with Crippen molar-refractivity contribution in [3.05, 3.63) is 57.6 Å². The van der Waals surface area contributed by atoms with Crippen LogP contribution in [0.2, 0.25) is 10.0 Å². The SMILES string of the molecule is O=C(O)c1ccc(-c2cc(Cl)c([C@H](C3CCOCC3)C3CCNC3=O)c(Cl)c2)cc1. The molecule has 1 unspecified atom stereocenters. The van der Waals surface area contributed by atoms with Crippen molar-refractivity contribution in [3.63, 3.8) is 0 Å². The number of ether oxygens (including phenoxy) is 1. The maximum Gasteiger partial charge on any atom is 0.335 e. The Bertz CT molecular complexity index is 931. The summed E-state index contributed by atoms with van der Waals surface area (Å²) in [7, 11) is 0. The second-order valence-electron chi connectivity index (χ2n) is 7.90. The second-order valence-corrected chi connectivity index (χ2v) is 8.71. The van der Waals surface area contributed by atoms with Gasteiger partial charge in [0.1, 0.15) is 0 Å². The van der Waals surface area contributed by atoms with Crippen molar-refractivity contribution in [1.82, 2.24) is 5.32 Å². The van der Waals surface area contributed by atoms with Crippen molar-refractivity contribution in [2.45, 2.75) is 25.2 Å². The minimum atomic E-state index is -0.970. The molecule has 0 radical (unpaired) electrons. The van der Waals surface area contributed by atoms with Crippen LogP contribution in [0.3, 0.4) is 0 Å². The van der Waals surface area contributed by atoms with Crippen LogP contribution in [-0.2, 0) is 9.53 Å². The van der Waals surface area contributed by atoms with E-state index in [0.29, 0.717) is 29.8 Å². The number of carboxylic acids is 1. The molecule has 4 rings (SSSR count). The van der Waals surface area contributed by atoms with Gasteiger partial charge in [-0.2, -0.15) is 0 Å². The molecule has 2 heterocycles. The number of rotatable bonds is 5. The summed E-state index contributed by atoms with van der Waals surface area (Å²) in [4.78, 5) is 23.6. The summed E-state index contributed by atoms with van der Waals surface area (Å²) in [5.41, 5.74) is 2.70. The first kappa shape index (κ1) is 21.2. The molecule has 2 aromatic carbocycles. The highest BCUT2D eigenvalue weighted by Crippen LogP contribution is 2.47. The van der Waals surface area contributed by atoms with Crippen molar-refractivity contribution >= 4 is 35.1 Å². The van der Waals surface area contributed by atoms with Crippen molar-refractivity contribution in [1.29, 1.82) is 0 Å². The van der Waals surface area contributed by atoms with E-state index in [0.717, 1.165) is 36.0 Å². The standard InChI is InChI=1S/C23H23Cl2NO4/c24-18-11-16(13-1-3-15(4-2-13)23(28)29)12-19(25)21(18)20(14-6-9-30-10-7-14)17-5-8-26-22(17)27/h1-4,11-12,14,17,20H,5-10H2,(H,26,27)(H,28,29)/t17?,20-/m1/s1. The van der Waals surface area contributed by atoms with Crippen LogP contribution in [0.25, 0.3) is 11.1 Å². The number of hydrogen-bond donors (Lipinski definition) is 2. The number of nitrogens with one attached hydrogen (secondary N) is 1. The van der Waals surface area contributed by atoms with Gasteiger partial charge in [-0.1, -0.05) is 35.3 Å². The molecular formula is C23H23Cl2NO4. The number of carbonyl (C=O) groups excluding carboxylic acids is 1. The van der Waals surface area contributed by atoms with Crippen LogP contribution in [0.5, 0.6) is 0 Å². The molecule has 2 atom stereocenters. The number of halogens is 2. The zero-order chi connectivity index (χ0) is 21.3. The molecule has 2 aliphatic heterocycles. The first-order valence-electron chi connectivity index (χ1n) is 10.1. The monoisotopic (exact) mass is 447 g/mol. The molecule has 2 aromatic rings. The Hall–Kier alpha value is -2.08. The van der Waals surface area contributed by atoms with Gasteiger partial charge in [0.25, 0.3) is 0 Å². The van der Waals surface area contributed by atoms with Crippen LogP contribution in [-0.4, -0.2) is 36.7 Å². The van der Waals surface area contributed by atoms with E-state index in [9.17, 15) is 9.59 Å². The van der Waals surface area contributed by atoms with Gasteiger partial charge in [-0.3, -0.25) is 4.79 Å². The lowest BCUT2D eigenvalue weighted by Crippen LogP contribution is -2.32. The number of aromatic carboxylic acids is 1. The molecule has 0 aliphatic carbocycles. The Morgan fingerprint density at radius 3 is 2.20 bits per heavy atom. The average molecular weight is 448 g/mol. The van der Waals surface area contributed by atoms with Gasteiger partial charge in [0.2, 0.25) is 5.91 Å². The second kappa shape index (κ2) is 8.96. The van der Waals surface area contributed by atoms with E-state index < -0.39 is 5.97 Å².